The summed E-state index contributed by atoms with van der Waals surface area (Å²) in [6, 6.07) is 0. The molecule has 0 aliphatic carbocycles. The number of imidazole rings is 1. The third-order valence-electron chi connectivity index (χ3n) is 4.03. The van der Waals surface area contributed by atoms with E-state index in [1.165, 1.54) is 0 Å². The second-order valence-electron chi connectivity index (χ2n) is 5.56. The van der Waals surface area contributed by atoms with E-state index in [2.05, 4.69) is 15.2 Å². The lowest BCUT2D eigenvalue weighted by Crippen LogP contribution is -2.50. The zero-order chi connectivity index (χ0) is 14.6. The van der Waals surface area contributed by atoms with Gasteiger partial charge in [-0.1, -0.05) is 0 Å². The summed E-state index contributed by atoms with van der Waals surface area (Å²) in [4.78, 5) is 18.6. The summed E-state index contributed by atoms with van der Waals surface area (Å²) in [7, 11) is 5.34. The van der Waals surface area contributed by atoms with Crippen molar-refractivity contribution < 1.29 is 9.53 Å². The van der Waals surface area contributed by atoms with Gasteiger partial charge in [-0.3, -0.25) is 9.69 Å². The van der Waals surface area contributed by atoms with Crippen LogP contribution in [0.25, 0.3) is 0 Å². The molecule has 0 saturated carbocycles. The van der Waals surface area contributed by atoms with E-state index in [9.17, 15) is 4.79 Å². The summed E-state index contributed by atoms with van der Waals surface area (Å²) in [5.41, 5.74) is 0.832. The number of aromatic nitrogens is 2. The zero-order valence-corrected chi connectivity index (χ0v) is 12.6. The number of aryl methyl sites for hydroxylation is 1. The lowest BCUT2D eigenvalue weighted by atomic mass is 9.92. The van der Waals surface area contributed by atoms with Gasteiger partial charge in [0.1, 0.15) is 0 Å². The summed E-state index contributed by atoms with van der Waals surface area (Å²) in [6.45, 7) is 2.32. The number of hydrogen-bond donors (Lipinski definition) is 1. The fourth-order valence-corrected chi connectivity index (χ4v) is 3.06. The van der Waals surface area contributed by atoms with Crippen molar-refractivity contribution in [3.8, 4) is 0 Å². The van der Waals surface area contributed by atoms with Crippen LogP contribution in [-0.2, 0) is 23.1 Å². The molecule has 1 aliphatic heterocycles. The maximum absolute atomic E-state index is 11.8. The molecule has 6 heteroatoms. The molecule has 20 heavy (non-hydrogen) atoms. The summed E-state index contributed by atoms with van der Waals surface area (Å²) >= 11 is 0. The van der Waals surface area contributed by atoms with E-state index in [-0.39, 0.29) is 11.4 Å². The first-order valence-electron chi connectivity index (χ1n) is 7.01. The summed E-state index contributed by atoms with van der Waals surface area (Å²) in [5, 5.41) is 2.72. The average Bonchev–Trinajstić information content (AvgIpc) is 2.98. The van der Waals surface area contributed by atoms with E-state index < -0.39 is 0 Å². The molecule has 0 unspecified atom stereocenters. The number of carbonyl (C=O) groups excluding carboxylic acids is 1. The molecular weight excluding hydrogens is 256 g/mol. The molecule has 1 amide bonds. The number of hydrogen-bond acceptors (Lipinski definition) is 4. The number of likely N-dealkylation sites (tertiary alicyclic amines) is 1. The minimum atomic E-state index is -0.202. The van der Waals surface area contributed by atoms with Crippen LogP contribution in [-0.4, -0.2) is 53.2 Å². The van der Waals surface area contributed by atoms with Crippen molar-refractivity contribution in [1.82, 2.24) is 19.8 Å². The maximum Gasteiger partial charge on any atom is 0.221 e. The largest absolute Gasteiger partial charge is 0.383 e. The van der Waals surface area contributed by atoms with E-state index in [1.807, 2.05) is 24.1 Å². The van der Waals surface area contributed by atoms with Crippen LogP contribution in [0.5, 0.6) is 0 Å². The molecule has 0 aromatic carbocycles. The van der Waals surface area contributed by atoms with Crippen molar-refractivity contribution in [2.45, 2.75) is 31.3 Å². The summed E-state index contributed by atoms with van der Waals surface area (Å²) < 4.78 is 7.35. The molecule has 1 saturated heterocycles. The Hall–Kier alpha value is -1.40. The standard InChI is InChI=1S/C14H24N4O2/c1-15-13(19)7-14(10-20-3)5-4-6-18(14)9-12-8-17(2)11-16-12/h8,11H,4-7,9-10H2,1-3H3,(H,15,19)/t14-/m1/s1. The van der Waals surface area contributed by atoms with Gasteiger partial charge in [0.15, 0.2) is 0 Å². The van der Waals surface area contributed by atoms with Gasteiger partial charge in [-0.2, -0.15) is 0 Å². The first-order chi connectivity index (χ1) is 9.59. The summed E-state index contributed by atoms with van der Waals surface area (Å²) in [5.74, 6) is 0.0648. The highest BCUT2D eigenvalue weighted by atomic mass is 16.5. The number of nitrogens with zero attached hydrogens (tertiary/aromatic N) is 3. The number of carbonyl (C=O) groups is 1. The Labute approximate surface area is 120 Å². The van der Waals surface area contributed by atoms with E-state index in [4.69, 9.17) is 4.74 Å². The number of amides is 1. The van der Waals surface area contributed by atoms with E-state index in [0.717, 1.165) is 31.6 Å². The Morgan fingerprint density at radius 1 is 1.60 bits per heavy atom. The molecule has 2 rings (SSSR count). The van der Waals surface area contributed by atoms with Gasteiger partial charge in [-0.05, 0) is 19.4 Å². The lowest BCUT2D eigenvalue weighted by molar-refractivity contribution is -0.124. The normalized spacial score (nSPS) is 23.1. The van der Waals surface area contributed by atoms with Crippen molar-refractivity contribution in [2.75, 3.05) is 27.3 Å². The van der Waals surface area contributed by atoms with Crippen LogP contribution < -0.4 is 5.32 Å². The molecule has 0 bridgehead atoms. The van der Waals surface area contributed by atoms with Crippen LogP contribution in [0.1, 0.15) is 25.0 Å². The van der Waals surface area contributed by atoms with Crippen molar-refractivity contribution in [1.29, 1.82) is 0 Å². The number of ether oxygens (including phenoxy) is 1. The van der Waals surface area contributed by atoms with Crippen LogP contribution in [0, 0.1) is 0 Å². The highest BCUT2D eigenvalue weighted by Crippen LogP contribution is 2.34. The molecule has 1 fully saturated rings. The maximum atomic E-state index is 11.8. The molecule has 2 heterocycles. The number of nitrogens with one attached hydrogen (secondary N) is 1. The first-order valence-corrected chi connectivity index (χ1v) is 7.01. The molecule has 0 radical (unpaired) electrons. The third kappa shape index (κ3) is 3.19. The lowest BCUT2D eigenvalue weighted by Gasteiger charge is -2.37. The van der Waals surface area contributed by atoms with Crippen LogP contribution in [0.4, 0.5) is 0 Å². The van der Waals surface area contributed by atoms with Crippen molar-refractivity contribution in [3.05, 3.63) is 18.2 Å². The fraction of sp³-hybridized carbons (Fsp3) is 0.714. The molecule has 0 spiro atoms. The van der Waals surface area contributed by atoms with Gasteiger partial charge in [-0.25, -0.2) is 4.98 Å². The zero-order valence-electron chi connectivity index (χ0n) is 12.6. The van der Waals surface area contributed by atoms with Gasteiger partial charge in [-0.15, -0.1) is 0 Å². The minimum absolute atomic E-state index is 0.0648. The molecule has 1 N–H and O–H groups in total. The van der Waals surface area contributed by atoms with E-state index in [0.29, 0.717) is 13.0 Å². The second-order valence-corrected chi connectivity index (χ2v) is 5.56. The van der Waals surface area contributed by atoms with Gasteiger partial charge in [0.2, 0.25) is 5.91 Å². The fourth-order valence-electron chi connectivity index (χ4n) is 3.06. The molecule has 112 valence electrons. The van der Waals surface area contributed by atoms with Gasteiger partial charge in [0.05, 0.1) is 24.2 Å². The Bertz CT molecular complexity index is 460. The Balaban J connectivity index is 2.13. The Kier molecular flexibility index (Phi) is 4.77. The predicted octanol–water partition coefficient (Wildman–Crippen LogP) is 0.537. The molecule has 6 nitrogen and oxygen atoms in total. The number of rotatable bonds is 6. The topological polar surface area (TPSA) is 59.4 Å². The number of methoxy groups -OCH3 is 1. The van der Waals surface area contributed by atoms with Gasteiger partial charge in [0.25, 0.3) is 0 Å². The summed E-state index contributed by atoms with van der Waals surface area (Å²) in [6.07, 6.45) is 6.39. The van der Waals surface area contributed by atoms with E-state index >= 15 is 0 Å². The molecule has 1 aromatic heterocycles. The van der Waals surface area contributed by atoms with Crippen molar-refractivity contribution in [3.63, 3.8) is 0 Å². The van der Waals surface area contributed by atoms with Crippen LogP contribution >= 0.6 is 0 Å². The van der Waals surface area contributed by atoms with E-state index in [1.54, 1.807) is 14.2 Å². The van der Waals surface area contributed by atoms with Crippen molar-refractivity contribution in [2.24, 2.45) is 7.05 Å². The molecular formula is C14H24N4O2. The molecule has 1 atom stereocenters. The van der Waals surface area contributed by atoms with Gasteiger partial charge in [0, 0.05) is 40.4 Å². The second kappa shape index (κ2) is 6.37. The molecule has 1 aliphatic rings. The van der Waals surface area contributed by atoms with Crippen LogP contribution in [0.2, 0.25) is 0 Å². The first kappa shape index (κ1) is 15.0. The highest BCUT2D eigenvalue weighted by molar-refractivity contribution is 5.77. The smallest absolute Gasteiger partial charge is 0.221 e. The van der Waals surface area contributed by atoms with Crippen LogP contribution in [0.3, 0.4) is 0 Å². The average molecular weight is 280 g/mol. The minimum Gasteiger partial charge on any atom is -0.383 e. The highest BCUT2D eigenvalue weighted by Gasteiger charge is 2.42. The third-order valence-corrected chi connectivity index (χ3v) is 4.03. The SMILES string of the molecule is CNC(=O)C[C@@]1(COC)CCCN1Cc1cn(C)cn1. The molecule has 1 aromatic rings. The van der Waals surface area contributed by atoms with Crippen molar-refractivity contribution >= 4 is 5.91 Å². The van der Waals surface area contributed by atoms with Gasteiger partial charge >= 0.3 is 0 Å². The monoisotopic (exact) mass is 280 g/mol. The van der Waals surface area contributed by atoms with Gasteiger partial charge < -0.3 is 14.6 Å². The quantitative estimate of drug-likeness (QED) is 0.826. The predicted molar refractivity (Wildman–Crippen MR) is 76.1 cm³/mol. The Morgan fingerprint density at radius 2 is 2.40 bits per heavy atom. The Morgan fingerprint density at radius 3 is 3.00 bits per heavy atom. The van der Waals surface area contributed by atoms with Crippen LogP contribution in [0.15, 0.2) is 12.5 Å².